The highest BCUT2D eigenvalue weighted by Gasteiger charge is 2.16. The average Bonchev–Trinajstić information content (AvgIpc) is 2.38. The van der Waals surface area contributed by atoms with Crippen LogP contribution in [0.3, 0.4) is 0 Å². The molecule has 0 unspecified atom stereocenters. The fraction of sp³-hybridized carbons (Fsp3) is 0.615. The summed E-state index contributed by atoms with van der Waals surface area (Å²) in [6.45, 7) is 3.59. The van der Waals surface area contributed by atoms with Gasteiger partial charge in [-0.3, -0.25) is 4.98 Å². The predicted octanol–water partition coefficient (Wildman–Crippen LogP) is 1.31. The molecule has 0 atom stereocenters. The van der Waals surface area contributed by atoms with Crippen molar-refractivity contribution in [1.82, 2.24) is 15.2 Å². The molecule has 1 aromatic rings. The number of hydrogen-bond acceptors (Lipinski definition) is 3. The van der Waals surface area contributed by atoms with E-state index in [0.29, 0.717) is 0 Å². The Bertz CT molecular complexity index is 291. The molecule has 0 spiro atoms. The Morgan fingerprint density at radius 1 is 1.38 bits per heavy atom. The highest BCUT2D eigenvalue weighted by atomic mass is 15.1. The Morgan fingerprint density at radius 2 is 2.19 bits per heavy atom. The maximum atomic E-state index is 4.36. The van der Waals surface area contributed by atoms with Gasteiger partial charge in [-0.1, -0.05) is 6.07 Å². The number of piperidine rings is 1. The molecule has 0 saturated carbocycles. The molecule has 1 fully saturated rings. The van der Waals surface area contributed by atoms with Gasteiger partial charge in [-0.25, -0.2) is 0 Å². The van der Waals surface area contributed by atoms with E-state index in [0.717, 1.165) is 19.0 Å². The van der Waals surface area contributed by atoms with Gasteiger partial charge in [0.05, 0.1) is 0 Å². The molecular weight excluding hydrogens is 198 g/mol. The number of nitrogens with one attached hydrogen (secondary N) is 1. The number of likely N-dealkylation sites (tertiary alicyclic amines) is 1. The molecule has 2 rings (SSSR count). The van der Waals surface area contributed by atoms with Gasteiger partial charge in [0.25, 0.3) is 0 Å². The van der Waals surface area contributed by atoms with E-state index in [9.17, 15) is 0 Å². The van der Waals surface area contributed by atoms with Crippen LogP contribution in [0, 0.1) is 0 Å². The van der Waals surface area contributed by atoms with E-state index in [2.05, 4.69) is 34.4 Å². The summed E-state index contributed by atoms with van der Waals surface area (Å²) in [5.74, 6) is 0. The normalized spacial score (nSPS) is 18.8. The van der Waals surface area contributed by atoms with E-state index in [1.807, 2.05) is 12.3 Å². The Kier molecular flexibility index (Phi) is 4.31. The molecule has 88 valence electrons. The predicted molar refractivity (Wildman–Crippen MR) is 66.5 cm³/mol. The van der Waals surface area contributed by atoms with Crippen LogP contribution in [0.4, 0.5) is 0 Å². The molecule has 3 heteroatoms. The van der Waals surface area contributed by atoms with Crippen LogP contribution in [0.15, 0.2) is 24.4 Å². The second kappa shape index (κ2) is 5.97. The molecule has 0 amide bonds. The zero-order valence-corrected chi connectivity index (χ0v) is 10.0. The first-order chi connectivity index (χ1) is 7.88. The molecule has 0 aliphatic carbocycles. The summed E-state index contributed by atoms with van der Waals surface area (Å²) in [7, 11) is 2.06. The maximum absolute atomic E-state index is 4.36. The van der Waals surface area contributed by atoms with Crippen molar-refractivity contribution >= 4 is 0 Å². The molecule has 0 radical (unpaired) electrons. The molecule has 1 aliphatic heterocycles. The van der Waals surface area contributed by atoms with E-state index in [1.54, 1.807) is 0 Å². The second-order valence-electron chi connectivity index (χ2n) is 4.48. The number of rotatable bonds is 4. The van der Waals surface area contributed by atoms with Gasteiger partial charge in [-0.2, -0.15) is 0 Å². The minimum absolute atomic E-state index is 0.728. The van der Waals surface area contributed by atoms with Crippen molar-refractivity contribution < 1.29 is 0 Å². The number of pyridine rings is 1. The van der Waals surface area contributed by atoms with Gasteiger partial charge >= 0.3 is 0 Å². The summed E-state index contributed by atoms with van der Waals surface area (Å²) in [6, 6.07) is 6.88. The lowest BCUT2D eigenvalue weighted by molar-refractivity contribution is 0.203. The third-order valence-electron chi connectivity index (χ3n) is 3.41. The molecule has 0 bridgehead atoms. The van der Waals surface area contributed by atoms with Crippen LogP contribution in [-0.2, 0) is 6.42 Å². The molecule has 1 saturated heterocycles. The summed E-state index contributed by atoms with van der Waals surface area (Å²) in [4.78, 5) is 6.90. The van der Waals surface area contributed by atoms with Crippen LogP contribution in [0.25, 0.3) is 0 Å². The molecule has 1 aliphatic rings. The highest BCUT2D eigenvalue weighted by Crippen LogP contribution is 2.10. The SMILES string of the molecule is CNC1CCN(CCc2ccccn2)CC1. The molecule has 3 nitrogen and oxygen atoms in total. The van der Waals surface area contributed by atoms with Crippen LogP contribution >= 0.6 is 0 Å². The molecule has 1 N–H and O–H groups in total. The molecule has 2 heterocycles. The fourth-order valence-electron chi connectivity index (χ4n) is 2.26. The lowest BCUT2D eigenvalue weighted by atomic mass is 10.1. The minimum atomic E-state index is 0.728. The van der Waals surface area contributed by atoms with Gasteiger partial charge in [-0.05, 0) is 45.1 Å². The molecule has 16 heavy (non-hydrogen) atoms. The van der Waals surface area contributed by atoms with Gasteiger partial charge < -0.3 is 10.2 Å². The highest BCUT2D eigenvalue weighted by molar-refractivity contribution is 5.03. The maximum Gasteiger partial charge on any atom is 0.0416 e. The minimum Gasteiger partial charge on any atom is -0.317 e. The van der Waals surface area contributed by atoms with Gasteiger partial charge in [0.2, 0.25) is 0 Å². The van der Waals surface area contributed by atoms with E-state index in [1.165, 1.54) is 31.6 Å². The van der Waals surface area contributed by atoms with Gasteiger partial charge in [0.1, 0.15) is 0 Å². The van der Waals surface area contributed by atoms with E-state index < -0.39 is 0 Å². The van der Waals surface area contributed by atoms with Crippen LogP contribution in [0.5, 0.6) is 0 Å². The van der Waals surface area contributed by atoms with Crippen LogP contribution in [0.2, 0.25) is 0 Å². The summed E-state index contributed by atoms with van der Waals surface area (Å²) in [5.41, 5.74) is 1.21. The average molecular weight is 219 g/mol. The van der Waals surface area contributed by atoms with Crippen LogP contribution in [0.1, 0.15) is 18.5 Å². The molecule has 1 aromatic heterocycles. The Hall–Kier alpha value is -0.930. The molecular formula is C13H21N3. The second-order valence-corrected chi connectivity index (χ2v) is 4.48. The largest absolute Gasteiger partial charge is 0.317 e. The summed E-state index contributed by atoms with van der Waals surface area (Å²) in [6.07, 6.45) is 5.51. The first-order valence-corrected chi connectivity index (χ1v) is 6.18. The van der Waals surface area contributed by atoms with Gasteiger partial charge in [0.15, 0.2) is 0 Å². The first-order valence-electron chi connectivity index (χ1n) is 6.18. The van der Waals surface area contributed by atoms with Gasteiger partial charge in [0, 0.05) is 30.9 Å². The number of aromatic nitrogens is 1. The fourth-order valence-corrected chi connectivity index (χ4v) is 2.26. The van der Waals surface area contributed by atoms with E-state index >= 15 is 0 Å². The van der Waals surface area contributed by atoms with Crippen molar-refractivity contribution in [2.45, 2.75) is 25.3 Å². The van der Waals surface area contributed by atoms with Crippen molar-refractivity contribution in [1.29, 1.82) is 0 Å². The Balaban J connectivity index is 1.72. The number of nitrogens with zero attached hydrogens (tertiary/aromatic N) is 2. The van der Waals surface area contributed by atoms with Crippen molar-refractivity contribution in [3.8, 4) is 0 Å². The third-order valence-corrected chi connectivity index (χ3v) is 3.41. The lowest BCUT2D eigenvalue weighted by Crippen LogP contribution is -2.41. The van der Waals surface area contributed by atoms with Crippen LogP contribution < -0.4 is 5.32 Å². The van der Waals surface area contributed by atoms with Crippen molar-refractivity contribution in [2.24, 2.45) is 0 Å². The third kappa shape index (κ3) is 3.29. The topological polar surface area (TPSA) is 28.2 Å². The van der Waals surface area contributed by atoms with Crippen molar-refractivity contribution in [3.05, 3.63) is 30.1 Å². The van der Waals surface area contributed by atoms with Crippen molar-refractivity contribution in [3.63, 3.8) is 0 Å². The van der Waals surface area contributed by atoms with E-state index in [4.69, 9.17) is 0 Å². The number of hydrogen-bond donors (Lipinski definition) is 1. The van der Waals surface area contributed by atoms with E-state index in [-0.39, 0.29) is 0 Å². The van der Waals surface area contributed by atoms with Crippen LogP contribution in [-0.4, -0.2) is 42.6 Å². The Morgan fingerprint density at radius 3 is 2.81 bits per heavy atom. The first kappa shape index (κ1) is 11.6. The zero-order chi connectivity index (χ0) is 11.2. The monoisotopic (exact) mass is 219 g/mol. The lowest BCUT2D eigenvalue weighted by Gasteiger charge is -2.31. The smallest absolute Gasteiger partial charge is 0.0416 e. The standard InChI is InChI=1S/C13H21N3/c1-14-12-5-9-16(10-6-12)11-7-13-4-2-3-8-15-13/h2-4,8,12,14H,5-7,9-11H2,1H3. The summed E-state index contributed by atoms with van der Waals surface area (Å²) >= 11 is 0. The molecule has 0 aromatic carbocycles. The summed E-state index contributed by atoms with van der Waals surface area (Å²) in [5, 5.41) is 3.36. The van der Waals surface area contributed by atoms with Crippen molar-refractivity contribution in [2.75, 3.05) is 26.7 Å². The zero-order valence-electron chi connectivity index (χ0n) is 10.0. The summed E-state index contributed by atoms with van der Waals surface area (Å²) < 4.78 is 0. The Labute approximate surface area is 97.9 Å². The van der Waals surface area contributed by atoms with Gasteiger partial charge in [-0.15, -0.1) is 0 Å². The quantitative estimate of drug-likeness (QED) is 0.827.